The topological polar surface area (TPSA) is 90.2 Å². The normalized spacial score (nSPS) is 25.9. The number of anilines is 1. The summed E-state index contributed by atoms with van der Waals surface area (Å²) >= 11 is 0. The second kappa shape index (κ2) is 12.9. The molecule has 7 rings (SSSR count). The molecule has 46 heavy (non-hydrogen) atoms. The molecule has 0 N–H and O–H groups in total. The van der Waals surface area contributed by atoms with E-state index in [-0.39, 0.29) is 34.5 Å². The van der Waals surface area contributed by atoms with Gasteiger partial charge in [-0.25, -0.2) is 9.97 Å². The molecule has 2 heterocycles. The molecule has 8 nitrogen and oxygen atoms in total. The van der Waals surface area contributed by atoms with E-state index in [1.807, 2.05) is 28.0 Å². The van der Waals surface area contributed by atoms with Gasteiger partial charge in [-0.05, 0) is 132 Å². The minimum atomic E-state index is -0.0433. The number of hydrogen-bond donors (Lipinski definition) is 0. The number of carbonyl (C=O) groups excluding carboxylic acids is 2. The summed E-state index contributed by atoms with van der Waals surface area (Å²) in [5.41, 5.74) is 5.87. The fourth-order valence-electron chi connectivity index (χ4n) is 8.76. The third-order valence-corrected chi connectivity index (χ3v) is 11.6. The van der Waals surface area contributed by atoms with E-state index in [0.717, 1.165) is 81.2 Å². The van der Waals surface area contributed by atoms with E-state index in [4.69, 9.17) is 9.72 Å². The maximum absolute atomic E-state index is 14.5. The van der Waals surface area contributed by atoms with E-state index in [2.05, 4.69) is 49.9 Å². The van der Waals surface area contributed by atoms with E-state index in [1.165, 1.54) is 16.7 Å². The Morgan fingerprint density at radius 2 is 1.63 bits per heavy atom. The lowest BCUT2D eigenvalue weighted by Gasteiger charge is -2.55. The largest absolute Gasteiger partial charge is 0.496 e. The first-order valence-electron chi connectivity index (χ1n) is 17.3. The molecule has 2 aromatic heterocycles. The van der Waals surface area contributed by atoms with E-state index in [1.54, 1.807) is 20.4 Å². The van der Waals surface area contributed by atoms with Crippen molar-refractivity contribution in [2.45, 2.75) is 117 Å². The number of amides is 1. The minimum absolute atomic E-state index is 0.0433. The number of nitrogens with zero attached hydrogens (tertiary/aromatic N) is 5. The Labute approximate surface area is 274 Å². The van der Waals surface area contributed by atoms with Crippen LogP contribution in [0.15, 0.2) is 36.9 Å². The molecule has 0 aliphatic heterocycles. The standard InChI is InChI=1S/C38H51N5O3/c1-25(2)43-22-31(21-41-43)33-20-34(40-24-39-33)42(36(45)30-9-7-29(8-10-30)19-28(5)44)23-37-11-14-38(15-12-37,16-13-37)32-17-26(3)35(46-6)27(4)18-32/h17-18,20-22,24-25,29-30H,7-16,19,23H2,1-6H3. The number of hydrogen-bond acceptors (Lipinski definition) is 6. The molecule has 4 aliphatic carbocycles. The number of fused-ring (bicyclic) bond motifs is 3. The van der Waals surface area contributed by atoms with Crippen molar-refractivity contribution >= 4 is 17.5 Å². The van der Waals surface area contributed by atoms with Crippen molar-refractivity contribution < 1.29 is 14.3 Å². The maximum Gasteiger partial charge on any atom is 0.231 e. The van der Waals surface area contributed by atoms with Crippen LogP contribution in [0, 0.1) is 31.1 Å². The molecular weight excluding hydrogens is 574 g/mol. The molecule has 4 fully saturated rings. The first-order chi connectivity index (χ1) is 22.0. The molecule has 4 saturated carbocycles. The van der Waals surface area contributed by atoms with Crippen LogP contribution in [0.4, 0.5) is 5.82 Å². The molecule has 8 heteroatoms. The molecule has 4 aliphatic rings. The zero-order valence-corrected chi connectivity index (χ0v) is 28.6. The molecule has 0 radical (unpaired) electrons. The predicted octanol–water partition coefficient (Wildman–Crippen LogP) is 7.96. The average Bonchev–Trinajstić information content (AvgIpc) is 3.56. The number of methoxy groups -OCH3 is 1. The van der Waals surface area contributed by atoms with Crippen LogP contribution in [0.3, 0.4) is 0 Å². The van der Waals surface area contributed by atoms with Crippen LogP contribution < -0.4 is 9.64 Å². The van der Waals surface area contributed by atoms with Crippen LogP contribution >= 0.6 is 0 Å². The van der Waals surface area contributed by atoms with Gasteiger partial charge in [0.05, 0.1) is 19.0 Å². The second-order valence-electron chi connectivity index (χ2n) is 15.0. The predicted molar refractivity (Wildman–Crippen MR) is 181 cm³/mol. The molecule has 0 spiro atoms. The number of Topliss-reactive ketones (excluding diaryl/α,β-unsaturated/α-hetero) is 1. The Hall–Kier alpha value is -3.55. The van der Waals surface area contributed by atoms with Gasteiger partial charge in [0.25, 0.3) is 0 Å². The number of rotatable bonds is 10. The minimum Gasteiger partial charge on any atom is -0.496 e. The van der Waals surface area contributed by atoms with Crippen LogP contribution in [0.2, 0.25) is 0 Å². The Bertz CT molecular complexity index is 1540. The van der Waals surface area contributed by atoms with E-state index in [9.17, 15) is 9.59 Å². The van der Waals surface area contributed by atoms with Crippen molar-refractivity contribution in [3.05, 3.63) is 53.6 Å². The van der Waals surface area contributed by atoms with Gasteiger partial charge in [0.1, 0.15) is 23.7 Å². The maximum atomic E-state index is 14.5. The third-order valence-electron chi connectivity index (χ3n) is 11.6. The highest BCUT2D eigenvalue weighted by Gasteiger charge is 2.51. The van der Waals surface area contributed by atoms with Crippen LogP contribution in [-0.4, -0.2) is 45.1 Å². The Morgan fingerprint density at radius 3 is 2.20 bits per heavy atom. The van der Waals surface area contributed by atoms with Gasteiger partial charge in [0.15, 0.2) is 0 Å². The fourth-order valence-corrected chi connectivity index (χ4v) is 8.76. The van der Waals surface area contributed by atoms with Crippen LogP contribution in [0.1, 0.15) is 114 Å². The summed E-state index contributed by atoms with van der Waals surface area (Å²) in [6.07, 6.45) is 16.3. The molecule has 2 bridgehead atoms. The summed E-state index contributed by atoms with van der Waals surface area (Å²) in [4.78, 5) is 37.6. The van der Waals surface area contributed by atoms with Crippen molar-refractivity contribution in [1.29, 1.82) is 0 Å². The lowest BCUT2D eigenvalue weighted by molar-refractivity contribution is -0.124. The summed E-state index contributed by atoms with van der Waals surface area (Å²) in [6.45, 7) is 10.9. The molecule has 246 valence electrons. The molecule has 0 unspecified atom stereocenters. The Balaban J connectivity index is 1.26. The molecule has 0 saturated heterocycles. The number of carbonyl (C=O) groups is 2. The zero-order valence-electron chi connectivity index (χ0n) is 28.6. The van der Waals surface area contributed by atoms with Crippen LogP contribution in [0.25, 0.3) is 11.3 Å². The smallest absolute Gasteiger partial charge is 0.231 e. The van der Waals surface area contributed by atoms with Gasteiger partial charge in [0, 0.05) is 42.8 Å². The van der Waals surface area contributed by atoms with E-state index < -0.39 is 0 Å². The van der Waals surface area contributed by atoms with E-state index in [0.29, 0.717) is 24.7 Å². The zero-order chi connectivity index (χ0) is 32.6. The summed E-state index contributed by atoms with van der Waals surface area (Å²) in [6, 6.07) is 6.94. The SMILES string of the molecule is COc1c(C)cc(C23CCC(CN(C(=O)C4CCC(CC(C)=O)CC4)c4cc(-c5cnn(C(C)C)c5)ncn4)(CC2)CC3)cc1C. The van der Waals surface area contributed by atoms with Crippen molar-refractivity contribution in [2.75, 3.05) is 18.6 Å². The van der Waals surface area contributed by atoms with Gasteiger partial charge < -0.3 is 9.53 Å². The molecule has 3 aromatic rings. The summed E-state index contributed by atoms with van der Waals surface area (Å²) in [5.74, 6) is 2.46. The average molecular weight is 626 g/mol. The fraction of sp³-hybridized carbons (Fsp3) is 0.605. The third kappa shape index (κ3) is 6.37. The number of ketones is 1. The number of benzene rings is 1. The lowest BCUT2D eigenvalue weighted by atomic mass is 9.51. The second-order valence-corrected chi connectivity index (χ2v) is 15.0. The first-order valence-corrected chi connectivity index (χ1v) is 17.3. The van der Waals surface area contributed by atoms with Gasteiger partial charge in [-0.15, -0.1) is 0 Å². The summed E-state index contributed by atoms with van der Waals surface area (Å²) in [7, 11) is 1.76. The highest BCUT2D eigenvalue weighted by molar-refractivity contribution is 5.94. The number of aryl methyl sites for hydroxylation is 2. The summed E-state index contributed by atoms with van der Waals surface area (Å²) < 4.78 is 7.60. The van der Waals surface area contributed by atoms with E-state index >= 15 is 0 Å². The number of aromatic nitrogens is 4. The van der Waals surface area contributed by atoms with Crippen molar-refractivity contribution in [1.82, 2.24) is 19.7 Å². The van der Waals surface area contributed by atoms with Crippen LogP contribution in [0.5, 0.6) is 5.75 Å². The van der Waals surface area contributed by atoms with Gasteiger partial charge in [0.2, 0.25) is 5.91 Å². The van der Waals surface area contributed by atoms with Gasteiger partial charge in [-0.3, -0.25) is 14.4 Å². The summed E-state index contributed by atoms with van der Waals surface area (Å²) in [5, 5.41) is 4.52. The van der Waals surface area contributed by atoms with Crippen molar-refractivity contribution in [2.24, 2.45) is 17.3 Å². The van der Waals surface area contributed by atoms with Gasteiger partial charge in [-0.2, -0.15) is 5.10 Å². The van der Waals surface area contributed by atoms with Crippen LogP contribution in [-0.2, 0) is 15.0 Å². The number of ether oxygens (including phenoxy) is 1. The highest BCUT2D eigenvalue weighted by Crippen LogP contribution is 2.58. The molecule has 1 amide bonds. The van der Waals surface area contributed by atoms with Crippen molar-refractivity contribution in [3.8, 4) is 17.0 Å². The molecule has 0 atom stereocenters. The molecular formula is C38H51N5O3. The Kier molecular flexibility index (Phi) is 9.10. The monoisotopic (exact) mass is 625 g/mol. The molecule has 1 aromatic carbocycles. The highest BCUT2D eigenvalue weighted by atomic mass is 16.5. The van der Waals surface area contributed by atoms with Crippen molar-refractivity contribution in [3.63, 3.8) is 0 Å². The first kappa shape index (κ1) is 32.4. The lowest BCUT2D eigenvalue weighted by Crippen LogP contribution is -2.52. The van der Waals surface area contributed by atoms with Gasteiger partial charge >= 0.3 is 0 Å². The Morgan fingerprint density at radius 1 is 0.978 bits per heavy atom. The van der Waals surface area contributed by atoms with Gasteiger partial charge in [-0.1, -0.05) is 12.1 Å². The quantitative estimate of drug-likeness (QED) is 0.227.